The van der Waals surface area contributed by atoms with Gasteiger partial charge in [0.1, 0.15) is 5.52 Å². The van der Waals surface area contributed by atoms with Gasteiger partial charge in [-0.2, -0.15) is 0 Å². The van der Waals surface area contributed by atoms with Gasteiger partial charge in [0.05, 0.1) is 16.8 Å². The molecule has 0 spiro atoms. The molecule has 0 unspecified atom stereocenters. The second-order valence-electron chi connectivity index (χ2n) is 4.83. The standard InChI is InChI=1S/C16H12BrN3O2S/c17-10-6-4-9(5-7-10)13(21)8-23-16-19-12-3-1-2-11(15(18)22)14(12)20-16/h1-7H,8H2,(H2,18,22)(H,19,20). The van der Waals surface area contributed by atoms with Crippen molar-refractivity contribution >= 4 is 50.4 Å². The Hall–Kier alpha value is -2.12. The summed E-state index contributed by atoms with van der Waals surface area (Å²) in [6.07, 6.45) is 0. The predicted octanol–water partition coefficient (Wildman–Crippen LogP) is 3.40. The molecule has 3 aromatic rings. The van der Waals surface area contributed by atoms with E-state index in [0.717, 1.165) is 9.99 Å². The van der Waals surface area contributed by atoms with Gasteiger partial charge in [-0.3, -0.25) is 9.59 Å². The summed E-state index contributed by atoms with van der Waals surface area (Å²) in [5.41, 5.74) is 7.60. The molecule has 2 aromatic carbocycles. The summed E-state index contributed by atoms with van der Waals surface area (Å²) in [6.45, 7) is 0. The number of carbonyl (C=O) groups excluding carboxylic acids is 2. The maximum Gasteiger partial charge on any atom is 0.250 e. The number of aromatic nitrogens is 2. The summed E-state index contributed by atoms with van der Waals surface area (Å²) in [4.78, 5) is 31.0. The van der Waals surface area contributed by atoms with Crippen LogP contribution in [0.1, 0.15) is 20.7 Å². The number of imidazole rings is 1. The van der Waals surface area contributed by atoms with E-state index in [9.17, 15) is 9.59 Å². The first-order chi connectivity index (χ1) is 11.0. The molecule has 23 heavy (non-hydrogen) atoms. The van der Waals surface area contributed by atoms with Gasteiger partial charge in [0.15, 0.2) is 10.9 Å². The van der Waals surface area contributed by atoms with Gasteiger partial charge in [-0.05, 0) is 24.3 Å². The molecule has 7 heteroatoms. The Labute approximate surface area is 144 Å². The van der Waals surface area contributed by atoms with Crippen molar-refractivity contribution in [1.29, 1.82) is 0 Å². The Bertz CT molecular complexity index is 890. The van der Waals surface area contributed by atoms with Crippen molar-refractivity contribution in [2.24, 2.45) is 5.73 Å². The minimum Gasteiger partial charge on any atom is -0.366 e. The van der Waals surface area contributed by atoms with E-state index in [0.29, 0.717) is 21.8 Å². The van der Waals surface area contributed by atoms with E-state index in [1.54, 1.807) is 24.3 Å². The molecule has 0 aliphatic carbocycles. The SMILES string of the molecule is NC(=O)c1cccc2[nH]c(SCC(=O)c3ccc(Br)cc3)nc12. The molecule has 0 aliphatic rings. The van der Waals surface area contributed by atoms with Crippen molar-refractivity contribution in [1.82, 2.24) is 9.97 Å². The first-order valence-corrected chi connectivity index (χ1v) is 8.52. The lowest BCUT2D eigenvalue weighted by molar-refractivity contribution is 0.0998. The molecule has 0 aliphatic heterocycles. The molecular weight excluding hydrogens is 378 g/mol. The lowest BCUT2D eigenvalue weighted by atomic mass is 10.2. The Kier molecular flexibility index (Phi) is 4.49. The highest BCUT2D eigenvalue weighted by molar-refractivity contribution is 9.10. The number of benzene rings is 2. The number of H-pyrrole nitrogens is 1. The number of rotatable bonds is 5. The third-order valence-electron chi connectivity index (χ3n) is 3.26. The topological polar surface area (TPSA) is 88.8 Å². The van der Waals surface area contributed by atoms with Crippen LogP contribution in [0.25, 0.3) is 11.0 Å². The normalized spacial score (nSPS) is 10.8. The number of hydrogen-bond donors (Lipinski definition) is 2. The zero-order valence-electron chi connectivity index (χ0n) is 11.9. The van der Waals surface area contributed by atoms with Crippen LogP contribution in [0, 0.1) is 0 Å². The lowest BCUT2D eigenvalue weighted by Crippen LogP contribution is -2.11. The molecule has 116 valence electrons. The van der Waals surface area contributed by atoms with Crippen LogP contribution in [0.4, 0.5) is 0 Å². The van der Waals surface area contributed by atoms with E-state index >= 15 is 0 Å². The predicted molar refractivity (Wildman–Crippen MR) is 93.8 cm³/mol. The number of nitrogens with two attached hydrogens (primary N) is 1. The van der Waals surface area contributed by atoms with E-state index in [1.807, 2.05) is 18.2 Å². The molecule has 0 fully saturated rings. The average Bonchev–Trinajstić information content (AvgIpc) is 2.95. The van der Waals surface area contributed by atoms with Crippen LogP contribution in [0.3, 0.4) is 0 Å². The largest absolute Gasteiger partial charge is 0.366 e. The van der Waals surface area contributed by atoms with Crippen molar-refractivity contribution < 1.29 is 9.59 Å². The summed E-state index contributed by atoms with van der Waals surface area (Å²) in [5.74, 6) is -0.254. The third kappa shape index (κ3) is 3.46. The molecule has 3 rings (SSSR count). The molecule has 0 radical (unpaired) electrons. The quantitative estimate of drug-likeness (QED) is 0.516. The number of nitrogens with zero attached hydrogens (tertiary/aromatic N) is 1. The molecule has 5 nitrogen and oxygen atoms in total. The van der Waals surface area contributed by atoms with E-state index < -0.39 is 5.91 Å². The minimum absolute atomic E-state index is 0.0121. The van der Waals surface area contributed by atoms with Crippen LogP contribution in [-0.2, 0) is 0 Å². The van der Waals surface area contributed by atoms with Crippen molar-refractivity contribution in [2.75, 3.05) is 5.75 Å². The number of ketones is 1. The van der Waals surface area contributed by atoms with Gasteiger partial charge in [0, 0.05) is 10.0 Å². The lowest BCUT2D eigenvalue weighted by Gasteiger charge is -1.99. The Morgan fingerprint density at radius 3 is 2.61 bits per heavy atom. The number of amides is 1. The van der Waals surface area contributed by atoms with Crippen molar-refractivity contribution in [3.63, 3.8) is 0 Å². The molecule has 0 bridgehead atoms. The zero-order valence-corrected chi connectivity index (χ0v) is 14.3. The second-order valence-corrected chi connectivity index (χ2v) is 6.71. The number of hydrogen-bond acceptors (Lipinski definition) is 4. The summed E-state index contributed by atoms with van der Waals surface area (Å²) in [5, 5.41) is 0.583. The molecule has 0 saturated carbocycles. The number of halogens is 1. The third-order valence-corrected chi connectivity index (χ3v) is 4.66. The van der Waals surface area contributed by atoms with Gasteiger partial charge in [-0.25, -0.2) is 4.98 Å². The van der Waals surface area contributed by atoms with Crippen LogP contribution in [0.5, 0.6) is 0 Å². The Morgan fingerprint density at radius 1 is 1.17 bits per heavy atom. The first-order valence-electron chi connectivity index (χ1n) is 6.74. The zero-order chi connectivity index (χ0) is 16.4. The van der Waals surface area contributed by atoms with Crippen molar-refractivity contribution in [3.05, 3.63) is 58.1 Å². The summed E-state index contributed by atoms with van der Waals surface area (Å²) >= 11 is 4.63. The van der Waals surface area contributed by atoms with E-state index in [2.05, 4.69) is 25.9 Å². The highest BCUT2D eigenvalue weighted by Crippen LogP contribution is 2.23. The van der Waals surface area contributed by atoms with Crippen LogP contribution in [0.2, 0.25) is 0 Å². The van der Waals surface area contributed by atoms with Gasteiger partial charge < -0.3 is 10.7 Å². The molecule has 0 saturated heterocycles. The van der Waals surface area contributed by atoms with E-state index in [1.165, 1.54) is 11.8 Å². The first kappa shape index (κ1) is 15.8. The molecule has 1 amide bonds. The fourth-order valence-corrected chi connectivity index (χ4v) is 3.17. The highest BCUT2D eigenvalue weighted by Gasteiger charge is 2.13. The molecule has 1 heterocycles. The smallest absolute Gasteiger partial charge is 0.250 e. The fraction of sp³-hybridized carbons (Fsp3) is 0.0625. The number of Topliss-reactive ketones (excluding diaryl/α,β-unsaturated/α-hetero) is 1. The van der Waals surface area contributed by atoms with E-state index in [4.69, 9.17) is 5.73 Å². The minimum atomic E-state index is -0.524. The number of thioether (sulfide) groups is 1. The van der Waals surface area contributed by atoms with Gasteiger partial charge >= 0.3 is 0 Å². The number of carbonyl (C=O) groups is 2. The van der Waals surface area contributed by atoms with Crippen LogP contribution < -0.4 is 5.73 Å². The number of nitrogens with one attached hydrogen (secondary N) is 1. The molecular formula is C16H12BrN3O2S. The highest BCUT2D eigenvalue weighted by atomic mass is 79.9. The fourth-order valence-electron chi connectivity index (χ4n) is 2.13. The summed E-state index contributed by atoms with van der Waals surface area (Å²) in [6, 6.07) is 12.4. The monoisotopic (exact) mass is 389 g/mol. The second kappa shape index (κ2) is 6.55. The maximum absolute atomic E-state index is 12.2. The number of para-hydroxylation sites is 1. The maximum atomic E-state index is 12.2. The van der Waals surface area contributed by atoms with Crippen molar-refractivity contribution in [2.45, 2.75) is 5.16 Å². The van der Waals surface area contributed by atoms with E-state index in [-0.39, 0.29) is 11.5 Å². The number of primary amides is 1. The molecule has 1 aromatic heterocycles. The van der Waals surface area contributed by atoms with Gasteiger partial charge in [0.2, 0.25) is 0 Å². The van der Waals surface area contributed by atoms with Crippen LogP contribution in [-0.4, -0.2) is 27.4 Å². The van der Waals surface area contributed by atoms with Gasteiger partial charge in [0.25, 0.3) is 5.91 Å². The summed E-state index contributed by atoms with van der Waals surface area (Å²) < 4.78 is 0.929. The average molecular weight is 390 g/mol. The van der Waals surface area contributed by atoms with Gasteiger partial charge in [-0.15, -0.1) is 0 Å². The number of fused-ring (bicyclic) bond motifs is 1. The Morgan fingerprint density at radius 2 is 1.91 bits per heavy atom. The summed E-state index contributed by atoms with van der Waals surface area (Å²) in [7, 11) is 0. The van der Waals surface area contributed by atoms with Crippen LogP contribution >= 0.6 is 27.7 Å². The number of aromatic amines is 1. The Balaban J connectivity index is 1.77. The molecule has 0 atom stereocenters. The van der Waals surface area contributed by atoms with Crippen molar-refractivity contribution in [3.8, 4) is 0 Å². The van der Waals surface area contributed by atoms with Crippen LogP contribution in [0.15, 0.2) is 52.1 Å². The van der Waals surface area contributed by atoms with Gasteiger partial charge in [-0.1, -0.05) is 45.9 Å². The molecule has 3 N–H and O–H groups in total.